The van der Waals surface area contributed by atoms with Crippen LogP contribution in [0.2, 0.25) is 0 Å². The molecule has 80 valence electrons. The molecule has 0 bridgehead atoms. The van der Waals surface area contributed by atoms with Crippen LogP contribution in [-0.4, -0.2) is 36.7 Å². The van der Waals surface area contributed by atoms with E-state index in [0.29, 0.717) is 0 Å². The molecule has 0 aliphatic rings. The zero-order chi connectivity index (χ0) is 11.1. The number of hydrogen-bond donors (Lipinski definition) is 5. The molecule has 0 aromatic carbocycles. The number of nitrogens with two attached hydrogens (primary N) is 2. The molecule has 0 radical (unpaired) electrons. The molecule has 13 heavy (non-hydrogen) atoms. The highest BCUT2D eigenvalue weighted by Crippen LogP contribution is 1.93. The van der Waals surface area contributed by atoms with Crippen LogP contribution in [0.5, 0.6) is 0 Å². The van der Waals surface area contributed by atoms with Gasteiger partial charge in [-0.2, -0.15) is 8.42 Å². The Morgan fingerprint density at radius 2 is 1.92 bits per heavy atom. The minimum atomic E-state index is -4.40. The third-order valence-corrected chi connectivity index (χ3v) is 1.11. The zero-order valence-electron chi connectivity index (χ0n) is 6.97. The van der Waals surface area contributed by atoms with Gasteiger partial charge in [-0.1, -0.05) is 0 Å². The van der Waals surface area contributed by atoms with E-state index in [-0.39, 0.29) is 5.96 Å². The first-order chi connectivity index (χ1) is 5.69. The third kappa shape index (κ3) is 24.7. The zero-order valence-corrected chi connectivity index (χ0v) is 7.78. The monoisotopic (exact) mass is 215 g/mol. The van der Waals surface area contributed by atoms with Gasteiger partial charge in [-0.15, -0.1) is 0 Å². The van der Waals surface area contributed by atoms with Gasteiger partial charge in [-0.3, -0.25) is 9.96 Å². The molecule has 0 amide bonds. The van der Waals surface area contributed by atoms with Crippen molar-refractivity contribution in [2.75, 3.05) is 6.61 Å². The Balaban J connectivity index is 0. The molecular weight excluding hydrogens is 202 g/mol. The number of aliphatic hydroxyl groups is 1. The fourth-order valence-corrected chi connectivity index (χ4v) is 0.714. The third-order valence-electron chi connectivity index (χ3n) is 0.543. The topological polar surface area (TPSA) is 160 Å². The molecule has 0 aliphatic carbocycles. The van der Waals surface area contributed by atoms with Crippen molar-refractivity contribution < 1.29 is 22.3 Å². The second kappa shape index (κ2) is 6.60. The summed E-state index contributed by atoms with van der Waals surface area (Å²) in [6.45, 7) is 0.869. The van der Waals surface area contributed by atoms with Crippen LogP contribution in [-0.2, 0) is 14.6 Å². The van der Waals surface area contributed by atoms with Crippen molar-refractivity contribution in [1.82, 2.24) is 0 Å². The summed E-state index contributed by atoms with van der Waals surface area (Å²) in [7, 11) is -4.40. The van der Waals surface area contributed by atoms with E-state index in [1.807, 2.05) is 0 Å². The van der Waals surface area contributed by atoms with Gasteiger partial charge in [0.05, 0.1) is 12.7 Å². The maximum Gasteiger partial charge on any atom is 0.397 e. The van der Waals surface area contributed by atoms with E-state index in [4.69, 9.17) is 15.1 Å². The minimum absolute atomic E-state index is 0.333. The van der Waals surface area contributed by atoms with Gasteiger partial charge in [0.1, 0.15) is 0 Å². The lowest BCUT2D eigenvalue weighted by Gasteiger charge is -2.03. The summed E-state index contributed by atoms with van der Waals surface area (Å²) in [4.78, 5) is 0. The van der Waals surface area contributed by atoms with Gasteiger partial charge >= 0.3 is 10.4 Å². The molecule has 0 saturated heterocycles. The molecule has 1 unspecified atom stereocenters. The molecule has 0 aromatic rings. The first-order valence-electron chi connectivity index (χ1n) is 3.05. The number of hydrogen-bond acceptors (Lipinski definition) is 5. The number of nitrogens with one attached hydrogen (secondary N) is 1. The van der Waals surface area contributed by atoms with Crippen LogP contribution in [0.4, 0.5) is 0 Å². The molecule has 0 spiro atoms. The lowest BCUT2D eigenvalue weighted by Crippen LogP contribution is -2.20. The van der Waals surface area contributed by atoms with Gasteiger partial charge in [0, 0.05) is 0 Å². The fourth-order valence-electron chi connectivity index (χ4n) is 0.238. The van der Waals surface area contributed by atoms with E-state index in [0.717, 1.165) is 0 Å². The van der Waals surface area contributed by atoms with Crippen molar-refractivity contribution in [2.45, 2.75) is 13.0 Å². The van der Waals surface area contributed by atoms with E-state index in [9.17, 15) is 8.42 Å². The minimum Gasteiger partial charge on any atom is -0.394 e. The van der Waals surface area contributed by atoms with Crippen molar-refractivity contribution in [2.24, 2.45) is 11.5 Å². The van der Waals surface area contributed by atoms with Crippen LogP contribution in [0.3, 0.4) is 0 Å². The second-order valence-electron chi connectivity index (χ2n) is 1.97. The summed E-state index contributed by atoms with van der Waals surface area (Å²) in [5, 5.41) is 14.3. The Morgan fingerprint density at radius 1 is 1.62 bits per heavy atom. The molecule has 1 atom stereocenters. The van der Waals surface area contributed by atoms with Gasteiger partial charge < -0.3 is 16.6 Å². The van der Waals surface area contributed by atoms with E-state index in [1.165, 1.54) is 6.92 Å². The summed E-state index contributed by atoms with van der Waals surface area (Å²) in [5.41, 5.74) is 8.94. The first-order valence-corrected chi connectivity index (χ1v) is 4.41. The molecule has 0 fully saturated rings. The van der Waals surface area contributed by atoms with Crippen molar-refractivity contribution in [3.8, 4) is 0 Å². The van der Waals surface area contributed by atoms with Crippen molar-refractivity contribution in [3.05, 3.63) is 0 Å². The normalized spacial score (nSPS) is 12.5. The molecule has 0 heterocycles. The summed E-state index contributed by atoms with van der Waals surface area (Å²) >= 11 is 0. The van der Waals surface area contributed by atoms with E-state index in [1.54, 1.807) is 0 Å². The predicted octanol–water partition coefficient (Wildman–Crippen LogP) is -1.97. The Kier molecular flexibility index (Phi) is 7.42. The van der Waals surface area contributed by atoms with Gasteiger partial charge in [0.2, 0.25) is 0 Å². The van der Waals surface area contributed by atoms with Crippen LogP contribution < -0.4 is 11.5 Å². The Hall–Kier alpha value is -0.900. The molecule has 9 heteroatoms. The highest BCUT2D eigenvalue weighted by atomic mass is 32.3. The Labute approximate surface area is 76.0 Å². The molecular formula is C4H13N3O5S. The van der Waals surface area contributed by atoms with Gasteiger partial charge in [-0.05, 0) is 6.92 Å². The van der Waals surface area contributed by atoms with E-state index < -0.39 is 23.1 Å². The van der Waals surface area contributed by atoms with Crippen molar-refractivity contribution in [3.63, 3.8) is 0 Å². The van der Waals surface area contributed by atoms with E-state index >= 15 is 0 Å². The molecule has 0 rings (SSSR count). The van der Waals surface area contributed by atoms with Crippen molar-refractivity contribution >= 4 is 16.4 Å². The lowest BCUT2D eigenvalue weighted by atomic mass is 10.5. The summed E-state index contributed by atoms with van der Waals surface area (Å²) in [6.07, 6.45) is -0.889. The molecule has 0 saturated carbocycles. The standard InChI is InChI=1S/C3H8O5S.CH5N3/c1-3(2-4)8-9(5,6)7;2-1(3)4/h3-4H,2H2,1H3,(H,5,6,7);(H5,2,3,4). The summed E-state index contributed by atoms with van der Waals surface area (Å²) in [6, 6.07) is 0. The Morgan fingerprint density at radius 3 is 2.00 bits per heavy atom. The van der Waals surface area contributed by atoms with Crippen LogP contribution in [0.15, 0.2) is 0 Å². The average molecular weight is 215 g/mol. The molecule has 0 aliphatic heterocycles. The van der Waals surface area contributed by atoms with Crippen LogP contribution >= 0.6 is 0 Å². The predicted molar refractivity (Wildman–Crippen MR) is 45.3 cm³/mol. The highest BCUT2D eigenvalue weighted by Gasteiger charge is 2.09. The van der Waals surface area contributed by atoms with Crippen LogP contribution in [0.1, 0.15) is 6.92 Å². The quantitative estimate of drug-likeness (QED) is 0.207. The largest absolute Gasteiger partial charge is 0.397 e. The maximum absolute atomic E-state index is 9.82. The van der Waals surface area contributed by atoms with Gasteiger partial charge in [-0.25, -0.2) is 4.18 Å². The fraction of sp³-hybridized carbons (Fsp3) is 0.750. The van der Waals surface area contributed by atoms with Gasteiger partial charge in [0.25, 0.3) is 0 Å². The molecule has 0 aromatic heterocycles. The van der Waals surface area contributed by atoms with Crippen molar-refractivity contribution in [1.29, 1.82) is 5.41 Å². The van der Waals surface area contributed by atoms with E-state index in [2.05, 4.69) is 15.7 Å². The highest BCUT2D eigenvalue weighted by molar-refractivity contribution is 7.80. The van der Waals surface area contributed by atoms with Gasteiger partial charge in [0.15, 0.2) is 5.96 Å². The SMILES string of the molecule is CC(CO)OS(=O)(=O)O.N=C(N)N. The lowest BCUT2D eigenvalue weighted by molar-refractivity contribution is 0.121. The number of guanidine groups is 1. The number of rotatable bonds is 3. The van der Waals surface area contributed by atoms with Crippen LogP contribution in [0.25, 0.3) is 0 Å². The average Bonchev–Trinajstić information content (AvgIpc) is 1.82. The smallest absolute Gasteiger partial charge is 0.394 e. The first kappa shape index (κ1) is 14.6. The second-order valence-corrected chi connectivity index (χ2v) is 3.02. The maximum atomic E-state index is 9.82. The Bertz CT molecular complexity index is 234. The van der Waals surface area contributed by atoms with Crippen LogP contribution in [0, 0.1) is 5.41 Å². The number of aliphatic hydroxyl groups excluding tert-OH is 1. The molecule has 7 N–H and O–H groups in total. The molecule has 8 nitrogen and oxygen atoms in total. The summed E-state index contributed by atoms with van der Waals surface area (Å²) < 4.78 is 31.5. The summed E-state index contributed by atoms with van der Waals surface area (Å²) in [5.74, 6) is -0.333.